The Morgan fingerprint density at radius 2 is 1.81 bits per heavy atom. The zero-order valence-electron chi connectivity index (χ0n) is 17.2. The van der Waals surface area contributed by atoms with E-state index in [9.17, 15) is 9.90 Å². The van der Waals surface area contributed by atoms with Crippen LogP contribution in [0.2, 0.25) is 0 Å². The molecule has 0 bridgehead atoms. The van der Waals surface area contributed by atoms with Crippen molar-refractivity contribution in [2.45, 2.75) is 19.4 Å². The number of aromatic nitrogens is 2. The molecule has 0 unspecified atom stereocenters. The van der Waals surface area contributed by atoms with Gasteiger partial charge in [-0.2, -0.15) is 0 Å². The predicted octanol–water partition coefficient (Wildman–Crippen LogP) is 5.10. The predicted molar refractivity (Wildman–Crippen MR) is 120 cm³/mol. The van der Waals surface area contributed by atoms with Crippen LogP contribution in [0.25, 0.3) is 10.9 Å². The van der Waals surface area contributed by atoms with Crippen molar-refractivity contribution in [3.63, 3.8) is 0 Å². The molecule has 156 valence electrons. The van der Waals surface area contributed by atoms with E-state index in [0.29, 0.717) is 23.3 Å². The molecule has 0 saturated carbocycles. The van der Waals surface area contributed by atoms with Crippen molar-refractivity contribution in [3.05, 3.63) is 95.9 Å². The average molecular weight is 413 g/mol. The smallest absolute Gasteiger partial charge is 0.338 e. The highest BCUT2D eigenvalue weighted by molar-refractivity contribution is 5.90. The van der Waals surface area contributed by atoms with Gasteiger partial charge in [-0.05, 0) is 48.9 Å². The summed E-state index contributed by atoms with van der Waals surface area (Å²) in [5.41, 5.74) is 3.22. The van der Waals surface area contributed by atoms with Gasteiger partial charge in [-0.3, -0.25) is 9.97 Å². The molecule has 0 aliphatic rings. The molecule has 6 nitrogen and oxygen atoms in total. The fourth-order valence-electron chi connectivity index (χ4n) is 3.38. The first kappa shape index (κ1) is 20.3. The summed E-state index contributed by atoms with van der Waals surface area (Å²) in [5, 5.41) is 15.3. The lowest BCUT2D eigenvalue weighted by atomic mass is 9.99. The van der Waals surface area contributed by atoms with Gasteiger partial charge < -0.3 is 15.2 Å². The Kier molecular flexibility index (Phi) is 6.08. The second-order valence-corrected chi connectivity index (χ2v) is 7.12. The summed E-state index contributed by atoms with van der Waals surface area (Å²) >= 11 is 0. The number of hydrogen-bond donors (Lipinski definition) is 2. The fourth-order valence-corrected chi connectivity index (χ4v) is 3.38. The standard InChI is InChI=1S/C25H23N3O3/c1-2-16-31-25(30)18-8-11-19(12-9-18)28-23(21-7-3-4-14-26-21)20-13-10-17-6-5-15-27-22(17)24(20)29/h3-15,23,28-29H,2,16H2,1H3/t23-/m0/s1. The molecule has 0 spiro atoms. The molecule has 2 aromatic heterocycles. The first-order valence-corrected chi connectivity index (χ1v) is 10.2. The number of phenolic OH excluding ortho intramolecular Hbond substituents is 1. The van der Waals surface area contributed by atoms with Crippen LogP contribution in [-0.2, 0) is 4.74 Å². The number of fused-ring (bicyclic) bond motifs is 1. The molecular weight excluding hydrogens is 390 g/mol. The summed E-state index contributed by atoms with van der Waals surface area (Å²) in [6, 6.07) is 19.9. The lowest BCUT2D eigenvalue weighted by Gasteiger charge is -2.21. The number of esters is 1. The minimum absolute atomic E-state index is 0.112. The molecule has 0 amide bonds. The molecule has 0 aliphatic heterocycles. The number of pyridine rings is 2. The number of nitrogens with zero attached hydrogens (tertiary/aromatic N) is 2. The zero-order valence-corrected chi connectivity index (χ0v) is 17.2. The fraction of sp³-hybridized carbons (Fsp3) is 0.160. The maximum Gasteiger partial charge on any atom is 0.338 e. The Hall–Kier alpha value is -3.93. The van der Waals surface area contributed by atoms with Gasteiger partial charge in [0.2, 0.25) is 0 Å². The Morgan fingerprint density at radius 3 is 2.55 bits per heavy atom. The van der Waals surface area contributed by atoms with Gasteiger partial charge in [-0.15, -0.1) is 0 Å². The van der Waals surface area contributed by atoms with Crippen molar-refractivity contribution in [1.82, 2.24) is 9.97 Å². The second-order valence-electron chi connectivity index (χ2n) is 7.12. The monoisotopic (exact) mass is 413 g/mol. The van der Waals surface area contributed by atoms with Crippen LogP contribution in [0.15, 0.2) is 79.1 Å². The van der Waals surface area contributed by atoms with Gasteiger partial charge >= 0.3 is 5.97 Å². The van der Waals surface area contributed by atoms with Gasteiger partial charge in [-0.25, -0.2) is 4.79 Å². The summed E-state index contributed by atoms with van der Waals surface area (Å²) < 4.78 is 5.18. The van der Waals surface area contributed by atoms with E-state index in [1.165, 1.54) is 0 Å². The molecule has 31 heavy (non-hydrogen) atoms. The number of carbonyl (C=O) groups excluding carboxylic acids is 1. The molecule has 4 rings (SSSR count). The lowest BCUT2D eigenvalue weighted by Crippen LogP contribution is -2.14. The van der Waals surface area contributed by atoms with E-state index in [4.69, 9.17) is 4.74 Å². The number of benzene rings is 2. The SMILES string of the molecule is CCCOC(=O)c1ccc(N[C@H](c2ccccn2)c2ccc3cccnc3c2O)cc1. The molecule has 1 atom stereocenters. The molecule has 0 saturated heterocycles. The molecule has 0 aliphatic carbocycles. The van der Waals surface area contributed by atoms with Gasteiger partial charge in [0, 0.05) is 29.0 Å². The first-order chi connectivity index (χ1) is 15.2. The normalized spacial score (nSPS) is 11.8. The molecule has 4 aromatic rings. The van der Waals surface area contributed by atoms with Crippen molar-refractivity contribution >= 4 is 22.6 Å². The van der Waals surface area contributed by atoms with Crippen molar-refractivity contribution in [1.29, 1.82) is 0 Å². The van der Waals surface area contributed by atoms with E-state index in [1.54, 1.807) is 24.5 Å². The van der Waals surface area contributed by atoms with Crippen LogP contribution < -0.4 is 5.32 Å². The van der Waals surface area contributed by atoms with E-state index < -0.39 is 6.04 Å². The summed E-state index contributed by atoms with van der Waals surface area (Å²) in [5.74, 6) is -0.228. The average Bonchev–Trinajstić information content (AvgIpc) is 2.83. The third-order valence-electron chi connectivity index (χ3n) is 4.94. The van der Waals surface area contributed by atoms with E-state index in [0.717, 1.165) is 23.2 Å². The summed E-state index contributed by atoms with van der Waals surface area (Å²) in [7, 11) is 0. The van der Waals surface area contributed by atoms with Gasteiger partial charge in [0.25, 0.3) is 0 Å². The largest absolute Gasteiger partial charge is 0.505 e. The number of phenols is 1. The Balaban J connectivity index is 1.68. The molecule has 2 N–H and O–H groups in total. The molecule has 2 aromatic carbocycles. The summed E-state index contributed by atoms with van der Waals surface area (Å²) in [6.07, 6.45) is 4.15. The van der Waals surface area contributed by atoms with Gasteiger partial charge in [0.1, 0.15) is 11.3 Å². The Morgan fingerprint density at radius 1 is 1.00 bits per heavy atom. The molecule has 0 radical (unpaired) electrons. The number of aromatic hydroxyl groups is 1. The first-order valence-electron chi connectivity index (χ1n) is 10.2. The van der Waals surface area contributed by atoms with Gasteiger partial charge in [-0.1, -0.05) is 31.2 Å². The van der Waals surface area contributed by atoms with E-state index in [2.05, 4.69) is 15.3 Å². The molecular formula is C25H23N3O3. The highest BCUT2D eigenvalue weighted by Gasteiger charge is 2.21. The third-order valence-corrected chi connectivity index (χ3v) is 4.94. The van der Waals surface area contributed by atoms with Crippen molar-refractivity contribution in [2.24, 2.45) is 0 Å². The van der Waals surface area contributed by atoms with Crippen LogP contribution in [0.4, 0.5) is 5.69 Å². The zero-order chi connectivity index (χ0) is 21.6. The highest BCUT2D eigenvalue weighted by Crippen LogP contribution is 2.35. The summed E-state index contributed by atoms with van der Waals surface area (Å²) in [4.78, 5) is 20.9. The number of hydrogen-bond acceptors (Lipinski definition) is 6. The highest BCUT2D eigenvalue weighted by atomic mass is 16.5. The topological polar surface area (TPSA) is 84.3 Å². The van der Waals surface area contributed by atoms with Crippen LogP contribution >= 0.6 is 0 Å². The van der Waals surface area contributed by atoms with Gasteiger partial charge in [0.15, 0.2) is 0 Å². The molecule has 2 heterocycles. The quantitative estimate of drug-likeness (QED) is 0.410. The second kappa shape index (κ2) is 9.26. The minimum Gasteiger partial charge on any atom is -0.505 e. The van der Waals surface area contributed by atoms with Crippen LogP contribution in [0, 0.1) is 0 Å². The maximum atomic E-state index is 12.1. The number of anilines is 1. The number of nitrogens with one attached hydrogen (secondary N) is 1. The van der Waals surface area contributed by atoms with E-state index >= 15 is 0 Å². The van der Waals surface area contributed by atoms with Crippen LogP contribution in [0.1, 0.15) is 41.0 Å². The summed E-state index contributed by atoms with van der Waals surface area (Å²) in [6.45, 7) is 2.35. The number of rotatable bonds is 7. The van der Waals surface area contributed by atoms with E-state index in [-0.39, 0.29) is 11.7 Å². The van der Waals surface area contributed by atoms with Crippen molar-refractivity contribution in [2.75, 3.05) is 11.9 Å². The maximum absolute atomic E-state index is 12.1. The van der Waals surface area contributed by atoms with Crippen molar-refractivity contribution in [3.8, 4) is 5.75 Å². The Bertz CT molecular complexity index is 1180. The van der Waals surface area contributed by atoms with Gasteiger partial charge in [0.05, 0.1) is 23.9 Å². The van der Waals surface area contributed by atoms with E-state index in [1.807, 2.05) is 61.5 Å². The third kappa shape index (κ3) is 4.48. The Labute approximate surface area is 180 Å². The van der Waals surface area contributed by atoms with Crippen LogP contribution in [-0.4, -0.2) is 27.7 Å². The minimum atomic E-state index is -0.412. The van der Waals surface area contributed by atoms with Crippen LogP contribution in [0.3, 0.4) is 0 Å². The number of carbonyl (C=O) groups is 1. The lowest BCUT2D eigenvalue weighted by molar-refractivity contribution is 0.0505. The van der Waals surface area contributed by atoms with Crippen LogP contribution in [0.5, 0.6) is 5.75 Å². The van der Waals surface area contributed by atoms with Crippen molar-refractivity contribution < 1.29 is 14.6 Å². The molecule has 0 fully saturated rings. The molecule has 6 heteroatoms. The number of ether oxygens (including phenoxy) is 1.